The molecule has 1 aromatic heterocycles. The van der Waals surface area contributed by atoms with Crippen molar-refractivity contribution in [3.05, 3.63) is 12.2 Å². The molecule has 4 nitrogen and oxygen atoms in total. The first-order valence-corrected chi connectivity index (χ1v) is 4.88. The molecule has 13 heavy (non-hydrogen) atoms. The van der Waals surface area contributed by atoms with E-state index in [1.54, 1.807) is 6.33 Å². The molecule has 0 spiro atoms. The van der Waals surface area contributed by atoms with Crippen LogP contribution in [0.2, 0.25) is 0 Å². The molecule has 0 saturated heterocycles. The molecule has 0 bridgehead atoms. The molecule has 2 rings (SSSR count). The molecule has 1 aliphatic rings. The van der Waals surface area contributed by atoms with Crippen molar-refractivity contribution < 1.29 is 0 Å². The van der Waals surface area contributed by atoms with Crippen LogP contribution < -0.4 is 5.73 Å². The van der Waals surface area contributed by atoms with Crippen molar-refractivity contribution >= 4 is 0 Å². The van der Waals surface area contributed by atoms with E-state index >= 15 is 0 Å². The van der Waals surface area contributed by atoms with E-state index in [9.17, 15) is 0 Å². The Morgan fingerprint density at radius 1 is 1.77 bits per heavy atom. The lowest BCUT2D eigenvalue weighted by molar-refractivity contribution is 0.310. The summed E-state index contributed by atoms with van der Waals surface area (Å²) in [6.07, 6.45) is 5.00. The molecule has 0 saturated carbocycles. The van der Waals surface area contributed by atoms with Gasteiger partial charge in [-0.3, -0.25) is 0 Å². The molecule has 2 heterocycles. The first kappa shape index (κ1) is 8.69. The standard InChI is InChI=1S/C9H16N4/c1-7(10)4-8-2-3-9-11-6-12-13(9)5-8/h6-8H,2-5,10H2,1H3. The summed E-state index contributed by atoms with van der Waals surface area (Å²) in [4.78, 5) is 4.19. The first-order valence-electron chi connectivity index (χ1n) is 4.88. The second-order valence-corrected chi connectivity index (χ2v) is 3.98. The summed E-state index contributed by atoms with van der Waals surface area (Å²) in [5.41, 5.74) is 5.77. The molecule has 0 amide bonds. The lowest BCUT2D eigenvalue weighted by atomic mass is 9.93. The maximum Gasteiger partial charge on any atom is 0.138 e. The Morgan fingerprint density at radius 2 is 2.62 bits per heavy atom. The van der Waals surface area contributed by atoms with Crippen LogP contribution >= 0.6 is 0 Å². The zero-order chi connectivity index (χ0) is 9.26. The van der Waals surface area contributed by atoms with Gasteiger partial charge in [0.25, 0.3) is 0 Å². The molecule has 2 atom stereocenters. The predicted octanol–water partition coefficient (Wildman–Crippen LogP) is 0.578. The third kappa shape index (κ3) is 1.88. The van der Waals surface area contributed by atoms with Crippen LogP contribution in [0, 0.1) is 5.92 Å². The number of nitrogens with two attached hydrogens (primary N) is 1. The van der Waals surface area contributed by atoms with Crippen LogP contribution in [0.4, 0.5) is 0 Å². The predicted molar refractivity (Wildman–Crippen MR) is 50.1 cm³/mol. The van der Waals surface area contributed by atoms with E-state index in [-0.39, 0.29) is 0 Å². The van der Waals surface area contributed by atoms with Gasteiger partial charge in [0.1, 0.15) is 12.2 Å². The van der Waals surface area contributed by atoms with Gasteiger partial charge in [-0.1, -0.05) is 0 Å². The lowest BCUT2D eigenvalue weighted by Gasteiger charge is -2.23. The molecule has 4 heteroatoms. The van der Waals surface area contributed by atoms with Gasteiger partial charge in [-0.2, -0.15) is 5.10 Å². The van der Waals surface area contributed by atoms with Crippen LogP contribution in [0.5, 0.6) is 0 Å². The third-order valence-electron chi connectivity index (χ3n) is 2.61. The maximum absolute atomic E-state index is 5.77. The van der Waals surface area contributed by atoms with Crippen LogP contribution in [0.3, 0.4) is 0 Å². The van der Waals surface area contributed by atoms with Gasteiger partial charge in [-0.05, 0) is 25.7 Å². The van der Waals surface area contributed by atoms with E-state index in [0.29, 0.717) is 12.0 Å². The molecule has 72 valence electrons. The summed E-state index contributed by atoms with van der Waals surface area (Å²) >= 11 is 0. The van der Waals surface area contributed by atoms with Gasteiger partial charge < -0.3 is 5.73 Å². The van der Waals surface area contributed by atoms with Gasteiger partial charge in [0.15, 0.2) is 0 Å². The summed E-state index contributed by atoms with van der Waals surface area (Å²) in [5, 5.41) is 4.18. The molecule has 2 N–H and O–H groups in total. The monoisotopic (exact) mass is 180 g/mol. The average molecular weight is 180 g/mol. The Hall–Kier alpha value is -0.900. The van der Waals surface area contributed by atoms with E-state index < -0.39 is 0 Å². The van der Waals surface area contributed by atoms with Crippen LogP contribution in [-0.4, -0.2) is 20.8 Å². The van der Waals surface area contributed by atoms with Gasteiger partial charge in [-0.15, -0.1) is 0 Å². The normalized spacial score (nSPS) is 24.0. The van der Waals surface area contributed by atoms with E-state index in [2.05, 4.69) is 17.0 Å². The van der Waals surface area contributed by atoms with Crippen LogP contribution in [-0.2, 0) is 13.0 Å². The molecule has 0 aliphatic carbocycles. The van der Waals surface area contributed by atoms with Crippen molar-refractivity contribution in [3.8, 4) is 0 Å². The number of rotatable bonds is 2. The molecule has 0 fully saturated rings. The number of hydrogen-bond acceptors (Lipinski definition) is 3. The molecule has 1 aliphatic heterocycles. The van der Waals surface area contributed by atoms with E-state index in [1.807, 2.05) is 4.68 Å². The molecule has 1 aromatic rings. The largest absolute Gasteiger partial charge is 0.328 e. The second kappa shape index (κ2) is 3.46. The van der Waals surface area contributed by atoms with Gasteiger partial charge in [0, 0.05) is 19.0 Å². The summed E-state index contributed by atoms with van der Waals surface area (Å²) in [7, 11) is 0. The minimum Gasteiger partial charge on any atom is -0.328 e. The van der Waals surface area contributed by atoms with Crippen molar-refractivity contribution in [1.29, 1.82) is 0 Å². The molecular formula is C9H16N4. The van der Waals surface area contributed by atoms with Crippen LogP contribution in [0.15, 0.2) is 6.33 Å². The minimum absolute atomic E-state index is 0.301. The number of hydrogen-bond donors (Lipinski definition) is 1. The van der Waals surface area contributed by atoms with E-state index in [1.165, 1.54) is 6.42 Å². The molecule has 2 unspecified atom stereocenters. The average Bonchev–Trinajstić information content (AvgIpc) is 2.49. The fourth-order valence-electron chi connectivity index (χ4n) is 2.02. The van der Waals surface area contributed by atoms with Crippen molar-refractivity contribution in [2.24, 2.45) is 11.7 Å². The van der Waals surface area contributed by atoms with Crippen molar-refractivity contribution in [2.75, 3.05) is 0 Å². The second-order valence-electron chi connectivity index (χ2n) is 3.98. The number of fused-ring (bicyclic) bond motifs is 1. The molecule has 0 radical (unpaired) electrons. The van der Waals surface area contributed by atoms with E-state index in [4.69, 9.17) is 5.73 Å². The Morgan fingerprint density at radius 3 is 3.38 bits per heavy atom. The first-order chi connectivity index (χ1) is 6.25. The highest BCUT2D eigenvalue weighted by Gasteiger charge is 2.20. The highest BCUT2D eigenvalue weighted by molar-refractivity contribution is 4.90. The van der Waals surface area contributed by atoms with Crippen LogP contribution in [0.1, 0.15) is 25.6 Å². The Labute approximate surface area is 78.1 Å². The van der Waals surface area contributed by atoms with Crippen LogP contribution in [0.25, 0.3) is 0 Å². The summed E-state index contributed by atoms with van der Waals surface area (Å²) < 4.78 is 2.01. The molecular weight excluding hydrogens is 164 g/mol. The summed E-state index contributed by atoms with van der Waals surface area (Å²) in [6.45, 7) is 3.06. The number of nitrogens with zero attached hydrogens (tertiary/aromatic N) is 3. The Balaban J connectivity index is 2.00. The van der Waals surface area contributed by atoms with Gasteiger partial charge in [0.2, 0.25) is 0 Å². The zero-order valence-corrected chi connectivity index (χ0v) is 7.98. The van der Waals surface area contributed by atoms with Crippen molar-refractivity contribution in [1.82, 2.24) is 14.8 Å². The smallest absolute Gasteiger partial charge is 0.138 e. The zero-order valence-electron chi connectivity index (χ0n) is 7.98. The van der Waals surface area contributed by atoms with Gasteiger partial charge in [0.05, 0.1) is 0 Å². The SMILES string of the molecule is CC(N)CC1CCc2ncnn2C1. The highest BCUT2D eigenvalue weighted by atomic mass is 15.3. The van der Waals surface area contributed by atoms with Crippen molar-refractivity contribution in [3.63, 3.8) is 0 Å². The topological polar surface area (TPSA) is 56.7 Å². The van der Waals surface area contributed by atoms with Gasteiger partial charge in [-0.25, -0.2) is 9.67 Å². The summed E-state index contributed by atoms with van der Waals surface area (Å²) in [5.74, 6) is 1.81. The highest BCUT2D eigenvalue weighted by Crippen LogP contribution is 2.20. The quantitative estimate of drug-likeness (QED) is 0.724. The maximum atomic E-state index is 5.77. The molecule has 0 aromatic carbocycles. The Bertz CT molecular complexity index is 279. The van der Waals surface area contributed by atoms with Gasteiger partial charge >= 0.3 is 0 Å². The van der Waals surface area contributed by atoms with E-state index in [0.717, 1.165) is 25.2 Å². The minimum atomic E-state index is 0.301. The summed E-state index contributed by atoms with van der Waals surface area (Å²) in [6, 6.07) is 0.301. The number of aromatic nitrogens is 3. The lowest BCUT2D eigenvalue weighted by Crippen LogP contribution is -2.27. The third-order valence-corrected chi connectivity index (χ3v) is 2.61. The Kier molecular flexibility index (Phi) is 2.31. The number of aryl methyl sites for hydroxylation is 1. The fourth-order valence-corrected chi connectivity index (χ4v) is 2.02. The fraction of sp³-hybridized carbons (Fsp3) is 0.778. The van der Waals surface area contributed by atoms with Crippen molar-refractivity contribution in [2.45, 2.75) is 38.8 Å².